The van der Waals surface area contributed by atoms with Crippen molar-refractivity contribution < 1.29 is 0 Å². The smallest absolute Gasteiger partial charge is 0.00610 e. The summed E-state index contributed by atoms with van der Waals surface area (Å²) in [5.41, 5.74) is 14.1. The first kappa shape index (κ1) is 53.2. The Hall–Kier alpha value is -3.90. The van der Waals surface area contributed by atoms with Gasteiger partial charge in [0.1, 0.15) is 0 Å². The van der Waals surface area contributed by atoms with E-state index in [0.29, 0.717) is 41.4 Å². The minimum Gasteiger partial charge on any atom is -0.0776 e. The third-order valence-electron chi connectivity index (χ3n) is 10.2. The Bertz CT molecular complexity index is 1530. The van der Waals surface area contributed by atoms with Gasteiger partial charge >= 0.3 is 0 Å². The highest BCUT2D eigenvalue weighted by molar-refractivity contribution is 5.36. The fourth-order valence-corrected chi connectivity index (χ4v) is 6.07. The van der Waals surface area contributed by atoms with Crippen molar-refractivity contribution in [3.8, 4) is 0 Å². The SMILES string of the molecule is C.C.C.C.CC(C)c1ccc(C(C)C)cc1.CC(C)c1ccc(C(C)c2ccc(C(C)C)cc2)cc1.CC(C)c1ccc(Cc2ccc(C(C)C)cc2)cc1. The summed E-state index contributed by atoms with van der Waals surface area (Å²) in [4.78, 5) is 0. The molecule has 0 amide bonds. The van der Waals surface area contributed by atoms with Crippen molar-refractivity contribution in [3.63, 3.8) is 0 Å². The van der Waals surface area contributed by atoms with E-state index in [9.17, 15) is 0 Å². The third kappa shape index (κ3) is 17.2. The molecular weight excluding hydrogens is 661 g/mol. The first-order valence-corrected chi connectivity index (χ1v) is 19.6. The molecule has 5 aromatic rings. The molecular formula is C55H84. The number of rotatable bonds is 10. The van der Waals surface area contributed by atoms with Gasteiger partial charge in [-0.15, -0.1) is 0 Å². The lowest BCUT2D eigenvalue weighted by atomic mass is 9.90. The monoisotopic (exact) mass is 745 g/mol. The largest absolute Gasteiger partial charge is 0.0776 e. The Labute approximate surface area is 343 Å². The predicted molar refractivity (Wildman–Crippen MR) is 254 cm³/mol. The van der Waals surface area contributed by atoms with Gasteiger partial charge in [0.05, 0.1) is 0 Å². The van der Waals surface area contributed by atoms with Crippen molar-refractivity contribution in [3.05, 3.63) is 177 Å². The van der Waals surface area contributed by atoms with E-state index >= 15 is 0 Å². The maximum atomic E-state index is 2.29. The van der Waals surface area contributed by atoms with E-state index in [1.807, 2.05) is 0 Å². The predicted octanol–water partition coefficient (Wildman–Crippen LogP) is 18.1. The average Bonchev–Trinajstić information content (AvgIpc) is 3.12. The number of hydrogen-bond donors (Lipinski definition) is 0. The Balaban J connectivity index is 0. The van der Waals surface area contributed by atoms with Crippen LogP contribution in [0.1, 0.15) is 217 Å². The molecule has 55 heavy (non-hydrogen) atoms. The fraction of sp³-hybridized carbons (Fsp3) is 0.455. The second kappa shape index (κ2) is 26.0. The molecule has 0 aliphatic carbocycles. The van der Waals surface area contributed by atoms with E-state index < -0.39 is 0 Å². The van der Waals surface area contributed by atoms with Crippen LogP contribution in [0.5, 0.6) is 0 Å². The quantitative estimate of drug-likeness (QED) is 0.134. The summed E-state index contributed by atoms with van der Waals surface area (Å²) in [5.74, 6) is 4.17. The number of benzene rings is 5. The first-order chi connectivity index (χ1) is 24.2. The molecule has 0 fully saturated rings. The lowest BCUT2D eigenvalue weighted by Crippen LogP contribution is -1.98. The zero-order valence-electron chi connectivity index (χ0n) is 34.3. The van der Waals surface area contributed by atoms with Crippen LogP contribution in [0.4, 0.5) is 0 Å². The Morgan fingerprint density at radius 3 is 0.545 bits per heavy atom. The van der Waals surface area contributed by atoms with Crippen molar-refractivity contribution in [2.75, 3.05) is 0 Å². The highest BCUT2D eigenvalue weighted by Crippen LogP contribution is 2.27. The molecule has 5 aromatic carbocycles. The lowest BCUT2D eigenvalue weighted by molar-refractivity contribution is 0.845. The molecule has 0 aliphatic rings. The van der Waals surface area contributed by atoms with Gasteiger partial charge in [-0.3, -0.25) is 0 Å². The second-order valence-corrected chi connectivity index (χ2v) is 16.3. The highest BCUT2D eigenvalue weighted by Gasteiger charge is 2.10. The van der Waals surface area contributed by atoms with Gasteiger partial charge in [0.15, 0.2) is 0 Å². The van der Waals surface area contributed by atoms with Crippen LogP contribution in [0.15, 0.2) is 121 Å². The Kier molecular flexibility index (Phi) is 25.2. The zero-order chi connectivity index (χ0) is 37.7. The molecule has 0 heterocycles. The van der Waals surface area contributed by atoms with Gasteiger partial charge in [-0.1, -0.05) is 241 Å². The van der Waals surface area contributed by atoms with Crippen molar-refractivity contribution >= 4 is 0 Å². The van der Waals surface area contributed by atoms with Crippen LogP contribution in [0, 0.1) is 0 Å². The Morgan fingerprint density at radius 2 is 0.382 bits per heavy atom. The maximum Gasteiger partial charge on any atom is 0.00610 e. The van der Waals surface area contributed by atoms with Gasteiger partial charge in [0, 0.05) is 5.92 Å². The highest BCUT2D eigenvalue weighted by atomic mass is 14.1. The van der Waals surface area contributed by atoms with Crippen molar-refractivity contribution in [1.82, 2.24) is 0 Å². The Morgan fingerprint density at radius 1 is 0.236 bits per heavy atom. The molecule has 0 unspecified atom stereocenters. The van der Waals surface area contributed by atoms with E-state index in [-0.39, 0.29) is 29.7 Å². The normalized spacial score (nSPS) is 10.5. The second-order valence-electron chi connectivity index (χ2n) is 16.3. The molecule has 0 nitrogen and oxygen atoms in total. The van der Waals surface area contributed by atoms with Crippen LogP contribution in [-0.2, 0) is 6.42 Å². The molecule has 0 saturated carbocycles. The molecule has 0 saturated heterocycles. The molecule has 0 N–H and O–H groups in total. The van der Waals surface area contributed by atoms with Crippen LogP contribution < -0.4 is 0 Å². The van der Waals surface area contributed by atoms with Crippen LogP contribution in [0.2, 0.25) is 0 Å². The molecule has 0 atom stereocenters. The van der Waals surface area contributed by atoms with Crippen molar-refractivity contribution in [2.24, 2.45) is 0 Å². The summed E-state index contributed by atoms with van der Waals surface area (Å²) < 4.78 is 0. The standard InChI is InChI=1S/C20H26.C19H24.C12H18.4CH4/c1-14(2)17-6-10-19(11-7-17)16(5)20-12-8-18(9-13-20)15(3)4;1-14(2)18-9-5-16(6-10-18)13-17-7-11-19(12-8-17)15(3)4;1-9(2)11-5-7-12(8-6-11)10(3)4;;;;/h6-16H,1-5H3;5-12,14-15H,13H2,1-4H3;5-10H,1-4H3;4*1H4. The van der Waals surface area contributed by atoms with Crippen LogP contribution >= 0.6 is 0 Å². The van der Waals surface area contributed by atoms with Gasteiger partial charge in [-0.2, -0.15) is 0 Å². The van der Waals surface area contributed by atoms with E-state index in [1.165, 1.54) is 55.6 Å². The maximum absolute atomic E-state index is 2.29. The van der Waals surface area contributed by atoms with Crippen LogP contribution in [0.3, 0.4) is 0 Å². The van der Waals surface area contributed by atoms with Gasteiger partial charge in [-0.25, -0.2) is 0 Å². The molecule has 0 aliphatic heterocycles. The minimum absolute atomic E-state index is 0. The minimum atomic E-state index is 0. The van der Waals surface area contributed by atoms with Gasteiger partial charge in [0.2, 0.25) is 0 Å². The van der Waals surface area contributed by atoms with Gasteiger partial charge < -0.3 is 0 Å². The molecule has 0 spiro atoms. The first-order valence-electron chi connectivity index (χ1n) is 19.6. The van der Waals surface area contributed by atoms with E-state index in [0.717, 1.165) is 6.42 Å². The van der Waals surface area contributed by atoms with Crippen molar-refractivity contribution in [1.29, 1.82) is 0 Å². The van der Waals surface area contributed by atoms with Crippen LogP contribution in [0.25, 0.3) is 0 Å². The van der Waals surface area contributed by atoms with E-state index in [4.69, 9.17) is 0 Å². The van der Waals surface area contributed by atoms with Gasteiger partial charge in [0.25, 0.3) is 0 Å². The lowest BCUT2D eigenvalue weighted by Gasteiger charge is -2.15. The molecule has 5 rings (SSSR count). The van der Waals surface area contributed by atoms with Crippen LogP contribution in [-0.4, -0.2) is 0 Å². The molecule has 0 aromatic heterocycles. The van der Waals surface area contributed by atoms with E-state index in [1.54, 1.807) is 0 Å². The van der Waals surface area contributed by atoms with E-state index in [2.05, 4.69) is 211 Å². The summed E-state index contributed by atoms with van der Waals surface area (Å²) in [5, 5.41) is 0. The third-order valence-corrected chi connectivity index (χ3v) is 10.2. The number of hydrogen-bond acceptors (Lipinski definition) is 0. The topological polar surface area (TPSA) is 0 Å². The van der Waals surface area contributed by atoms with Crippen molar-refractivity contribution in [2.45, 2.75) is 168 Å². The molecule has 0 radical (unpaired) electrons. The summed E-state index contributed by atoms with van der Waals surface area (Å²) in [6.07, 6.45) is 1.02. The summed E-state index contributed by atoms with van der Waals surface area (Å²) in [6, 6.07) is 45.1. The fourth-order valence-electron chi connectivity index (χ4n) is 6.07. The average molecular weight is 745 g/mol. The molecule has 0 bridgehead atoms. The zero-order valence-corrected chi connectivity index (χ0v) is 34.3. The summed E-state index contributed by atoms with van der Waals surface area (Å²) >= 11 is 0. The molecule has 0 heteroatoms. The summed E-state index contributed by atoms with van der Waals surface area (Å²) in [6.45, 7) is 29.1. The molecule has 304 valence electrons. The summed E-state index contributed by atoms with van der Waals surface area (Å²) in [7, 11) is 0. The van der Waals surface area contributed by atoms with Gasteiger partial charge in [-0.05, 0) is 97.6 Å².